The van der Waals surface area contributed by atoms with E-state index in [9.17, 15) is 5.11 Å². The maximum Gasteiger partial charge on any atom is 0.123 e. The van der Waals surface area contributed by atoms with E-state index in [1.807, 2.05) is 23.9 Å². The van der Waals surface area contributed by atoms with Gasteiger partial charge in [0.15, 0.2) is 0 Å². The number of hydrogen-bond acceptors (Lipinski definition) is 4. The third-order valence-corrected chi connectivity index (χ3v) is 9.55. The normalized spacial score (nSPS) is 19.1. The number of phenols is 1. The van der Waals surface area contributed by atoms with Gasteiger partial charge in [0.25, 0.3) is 0 Å². The lowest BCUT2D eigenvalue weighted by Crippen LogP contribution is -2.25. The minimum Gasteiger partial charge on any atom is -0.508 e. The first-order chi connectivity index (χ1) is 19.3. The Morgan fingerprint density at radius 2 is 1.44 bits per heavy atom. The number of ether oxygens (including phenoxy) is 1. The number of benzene rings is 3. The average molecular weight is 544 g/mol. The van der Waals surface area contributed by atoms with Crippen LogP contribution in [-0.2, 0) is 0 Å². The van der Waals surface area contributed by atoms with Crippen molar-refractivity contribution in [2.24, 2.45) is 0 Å². The minimum absolute atomic E-state index is 0.155. The van der Waals surface area contributed by atoms with Crippen LogP contribution in [0.2, 0.25) is 0 Å². The summed E-state index contributed by atoms with van der Waals surface area (Å²) in [7, 11) is 0. The first-order valence-electron chi connectivity index (χ1n) is 15.2. The quantitative estimate of drug-likeness (QED) is 0.162. The SMILES string of the molecule is Oc1ccc2c(c1)C(c1ccc(SCCCCCCCCCCN3CCCC3)cc1)C(c1ccccc1)CO2. The summed E-state index contributed by atoms with van der Waals surface area (Å²) in [5.74, 6) is 2.73. The molecule has 2 heterocycles. The number of aromatic hydroxyl groups is 1. The first kappa shape index (κ1) is 28.1. The number of phenolic OH excluding ortho intramolecular Hbond substituents is 1. The predicted octanol–water partition coefficient (Wildman–Crippen LogP) is 9.01. The number of thioether (sulfide) groups is 1. The van der Waals surface area contributed by atoms with Crippen molar-refractivity contribution >= 4 is 11.8 Å². The van der Waals surface area contributed by atoms with Gasteiger partial charge in [-0.25, -0.2) is 0 Å². The fourth-order valence-electron chi connectivity index (χ4n) is 6.27. The minimum atomic E-state index is 0.155. The Hall–Kier alpha value is -2.43. The van der Waals surface area contributed by atoms with Crippen molar-refractivity contribution in [3.63, 3.8) is 0 Å². The van der Waals surface area contributed by atoms with E-state index in [0.717, 1.165) is 11.3 Å². The van der Waals surface area contributed by atoms with Crippen molar-refractivity contribution in [3.8, 4) is 11.5 Å². The Morgan fingerprint density at radius 1 is 0.744 bits per heavy atom. The summed E-state index contributed by atoms with van der Waals surface area (Å²) in [6, 6.07) is 25.3. The number of nitrogens with zero attached hydrogens (tertiary/aromatic N) is 1. The number of unbranched alkanes of at least 4 members (excludes halogenated alkanes) is 7. The Labute approximate surface area is 240 Å². The third-order valence-electron chi connectivity index (χ3n) is 8.45. The van der Waals surface area contributed by atoms with Crippen LogP contribution < -0.4 is 4.74 Å². The van der Waals surface area contributed by atoms with E-state index < -0.39 is 0 Å². The van der Waals surface area contributed by atoms with Crippen LogP contribution in [0.15, 0.2) is 77.7 Å². The lowest BCUT2D eigenvalue weighted by atomic mass is 9.76. The van der Waals surface area contributed by atoms with E-state index in [4.69, 9.17) is 4.74 Å². The molecule has 0 spiro atoms. The Bertz CT molecular complexity index is 1130. The molecule has 1 fully saturated rings. The van der Waals surface area contributed by atoms with E-state index in [-0.39, 0.29) is 11.8 Å². The van der Waals surface area contributed by atoms with Crippen molar-refractivity contribution in [1.82, 2.24) is 4.90 Å². The molecule has 0 aliphatic carbocycles. The highest BCUT2D eigenvalue weighted by atomic mass is 32.2. The third kappa shape index (κ3) is 8.05. The second-order valence-corrected chi connectivity index (χ2v) is 12.5. The van der Waals surface area contributed by atoms with E-state index in [2.05, 4.69) is 59.5 Å². The summed E-state index contributed by atoms with van der Waals surface area (Å²) in [5, 5.41) is 10.3. The van der Waals surface area contributed by atoms with Gasteiger partial charge in [0.05, 0.1) is 6.61 Å². The van der Waals surface area contributed by atoms with Gasteiger partial charge in [0, 0.05) is 22.3 Å². The standard InChI is InChI=1S/C35H45NO2S/c37-30-18-21-34-32(26-30)35(33(27-38-34)28-14-8-7-9-15-28)29-16-19-31(20-17-29)39-25-13-6-4-2-1-3-5-10-22-36-23-11-12-24-36/h7-9,14-21,26,33,35,37H,1-6,10-13,22-25,27H2. The molecular formula is C35H45NO2S. The highest BCUT2D eigenvalue weighted by molar-refractivity contribution is 7.99. The van der Waals surface area contributed by atoms with E-state index in [1.165, 1.54) is 106 Å². The van der Waals surface area contributed by atoms with Crippen LogP contribution in [0.5, 0.6) is 11.5 Å². The molecule has 39 heavy (non-hydrogen) atoms. The van der Waals surface area contributed by atoms with Crippen molar-refractivity contribution in [3.05, 3.63) is 89.5 Å². The topological polar surface area (TPSA) is 32.7 Å². The van der Waals surface area contributed by atoms with Gasteiger partial charge in [-0.15, -0.1) is 11.8 Å². The molecule has 1 saturated heterocycles. The molecule has 0 amide bonds. The van der Waals surface area contributed by atoms with Crippen molar-refractivity contribution in [2.75, 3.05) is 32.0 Å². The Kier molecular flexibility index (Phi) is 10.7. The van der Waals surface area contributed by atoms with Crippen LogP contribution in [0.4, 0.5) is 0 Å². The lowest BCUT2D eigenvalue weighted by Gasteiger charge is -2.34. The first-order valence-corrected chi connectivity index (χ1v) is 16.2. The number of likely N-dealkylation sites (tertiary alicyclic amines) is 1. The van der Waals surface area contributed by atoms with Gasteiger partial charge in [-0.05, 0) is 92.5 Å². The molecule has 0 aromatic heterocycles. The van der Waals surface area contributed by atoms with Gasteiger partial charge >= 0.3 is 0 Å². The van der Waals surface area contributed by atoms with Gasteiger partial charge < -0.3 is 14.7 Å². The number of rotatable bonds is 14. The van der Waals surface area contributed by atoms with Crippen LogP contribution in [0, 0.1) is 0 Å². The summed E-state index contributed by atoms with van der Waals surface area (Å²) < 4.78 is 6.14. The average Bonchev–Trinajstić information content (AvgIpc) is 3.50. The van der Waals surface area contributed by atoms with Crippen LogP contribution in [0.3, 0.4) is 0 Å². The predicted molar refractivity (Wildman–Crippen MR) is 164 cm³/mol. The summed E-state index contributed by atoms with van der Waals surface area (Å²) in [5.41, 5.74) is 3.63. The molecule has 3 aromatic rings. The largest absolute Gasteiger partial charge is 0.508 e. The molecule has 3 aromatic carbocycles. The van der Waals surface area contributed by atoms with E-state index >= 15 is 0 Å². The zero-order valence-electron chi connectivity index (χ0n) is 23.4. The van der Waals surface area contributed by atoms with Crippen LogP contribution in [0.25, 0.3) is 0 Å². The molecule has 0 radical (unpaired) electrons. The van der Waals surface area contributed by atoms with Gasteiger partial charge in [-0.2, -0.15) is 0 Å². The highest BCUT2D eigenvalue weighted by Crippen LogP contribution is 2.47. The van der Waals surface area contributed by atoms with Crippen LogP contribution >= 0.6 is 11.8 Å². The monoisotopic (exact) mass is 543 g/mol. The summed E-state index contributed by atoms with van der Waals surface area (Å²) in [6.45, 7) is 4.65. The molecule has 2 atom stereocenters. The molecular weight excluding hydrogens is 498 g/mol. The zero-order chi connectivity index (χ0) is 26.7. The maximum atomic E-state index is 10.3. The number of hydrogen-bond donors (Lipinski definition) is 1. The fourth-order valence-corrected chi connectivity index (χ4v) is 7.18. The molecule has 2 unspecified atom stereocenters. The lowest BCUT2D eigenvalue weighted by molar-refractivity contribution is 0.248. The molecule has 208 valence electrons. The molecule has 0 bridgehead atoms. The van der Waals surface area contributed by atoms with Crippen molar-refractivity contribution < 1.29 is 9.84 Å². The summed E-state index contributed by atoms with van der Waals surface area (Å²) in [4.78, 5) is 3.98. The van der Waals surface area contributed by atoms with Gasteiger partial charge in [-0.3, -0.25) is 0 Å². The van der Waals surface area contributed by atoms with Gasteiger partial charge in [-0.1, -0.05) is 81.0 Å². The molecule has 1 N–H and O–H groups in total. The van der Waals surface area contributed by atoms with E-state index in [0.29, 0.717) is 12.4 Å². The smallest absolute Gasteiger partial charge is 0.123 e. The fraction of sp³-hybridized carbons (Fsp3) is 0.486. The molecule has 0 saturated carbocycles. The van der Waals surface area contributed by atoms with Crippen molar-refractivity contribution in [1.29, 1.82) is 0 Å². The second kappa shape index (κ2) is 14.8. The molecule has 2 aliphatic rings. The molecule has 4 heteroatoms. The number of fused-ring (bicyclic) bond motifs is 1. The van der Waals surface area contributed by atoms with Gasteiger partial charge in [0.2, 0.25) is 0 Å². The molecule has 5 rings (SSSR count). The Balaban J connectivity index is 1.06. The Morgan fingerprint density at radius 3 is 2.18 bits per heavy atom. The summed E-state index contributed by atoms with van der Waals surface area (Å²) in [6.07, 6.45) is 13.9. The van der Waals surface area contributed by atoms with Crippen molar-refractivity contribution in [2.45, 2.75) is 80.9 Å². The van der Waals surface area contributed by atoms with Gasteiger partial charge in [0.1, 0.15) is 11.5 Å². The van der Waals surface area contributed by atoms with Crippen LogP contribution in [-0.4, -0.2) is 42.0 Å². The summed E-state index contributed by atoms with van der Waals surface area (Å²) >= 11 is 1.98. The zero-order valence-corrected chi connectivity index (χ0v) is 24.2. The second-order valence-electron chi connectivity index (χ2n) is 11.3. The van der Waals surface area contributed by atoms with E-state index in [1.54, 1.807) is 6.07 Å². The highest BCUT2D eigenvalue weighted by Gasteiger charge is 2.33. The molecule has 2 aliphatic heterocycles. The maximum absolute atomic E-state index is 10.3. The molecule has 3 nitrogen and oxygen atoms in total. The van der Waals surface area contributed by atoms with Crippen LogP contribution in [0.1, 0.15) is 92.7 Å².